The van der Waals surface area contributed by atoms with Crippen LogP contribution in [0.1, 0.15) is 51.3 Å². The van der Waals surface area contributed by atoms with Gasteiger partial charge >= 0.3 is 0 Å². The van der Waals surface area contributed by atoms with Gasteiger partial charge in [-0.05, 0) is 29.9 Å². The van der Waals surface area contributed by atoms with E-state index in [1.165, 1.54) is 11.1 Å². The van der Waals surface area contributed by atoms with E-state index in [1.807, 2.05) is 0 Å². The second-order valence-corrected chi connectivity index (χ2v) is 9.09. The summed E-state index contributed by atoms with van der Waals surface area (Å²) in [6, 6.07) is 8.89. The first kappa shape index (κ1) is 15.5. The highest BCUT2D eigenvalue weighted by atomic mass is 32.2. The highest BCUT2D eigenvalue weighted by molar-refractivity contribution is 7.91. The first-order valence-electron chi connectivity index (χ1n) is 7.24. The Morgan fingerprint density at radius 2 is 1.80 bits per heavy atom. The first-order chi connectivity index (χ1) is 9.17. The van der Waals surface area contributed by atoms with Crippen LogP contribution in [0, 0.1) is 0 Å². The molecule has 1 heterocycles. The smallest absolute Gasteiger partial charge is 0.151 e. The van der Waals surface area contributed by atoms with E-state index in [0.717, 1.165) is 6.42 Å². The second kappa shape index (κ2) is 5.49. The Balaban J connectivity index is 2.01. The summed E-state index contributed by atoms with van der Waals surface area (Å²) in [7, 11) is -2.81. The third kappa shape index (κ3) is 3.83. The van der Waals surface area contributed by atoms with Crippen LogP contribution >= 0.6 is 0 Å². The van der Waals surface area contributed by atoms with Crippen molar-refractivity contribution in [2.24, 2.45) is 0 Å². The van der Waals surface area contributed by atoms with Gasteiger partial charge in [-0.1, -0.05) is 45.0 Å². The lowest BCUT2D eigenvalue weighted by Gasteiger charge is -2.22. The van der Waals surface area contributed by atoms with Gasteiger partial charge in [0, 0.05) is 12.1 Å². The fraction of sp³-hybridized carbons (Fsp3) is 0.625. The highest BCUT2D eigenvalue weighted by Gasteiger charge is 2.28. The van der Waals surface area contributed by atoms with Crippen molar-refractivity contribution in [3.8, 4) is 0 Å². The Morgan fingerprint density at radius 3 is 2.25 bits per heavy atom. The van der Waals surface area contributed by atoms with Crippen molar-refractivity contribution >= 4 is 9.84 Å². The minimum absolute atomic E-state index is 0.0947. The molecule has 1 saturated heterocycles. The van der Waals surface area contributed by atoms with Gasteiger partial charge in [0.05, 0.1) is 11.5 Å². The Hall–Kier alpha value is -0.870. The summed E-state index contributed by atoms with van der Waals surface area (Å²) in [6.45, 7) is 8.70. The normalized spacial score (nSPS) is 23.7. The second-order valence-electron chi connectivity index (χ2n) is 6.86. The standard InChI is InChI=1S/C16H25NO2S/c1-12(17-15-9-10-20(18,19)11-15)13-5-7-14(8-6-13)16(2,3)4/h5-8,12,15,17H,9-11H2,1-4H3/t12-,15+/m0/s1. The SMILES string of the molecule is C[C@H](N[C@@H]1CCS(=O)(=O)C1)c1ccc(C(C)(C)C)cc1. The van der Waals surface area contributed by atoms with Crippen LogP contribution in [0.15, 0.2) is 24.3 Å². The molecule has 0 aromatic heterocycles. The zero-order chi connectivity index (χ0) is 15.0. The highest BCUT2D eigenvalue weighted by Crippen LogP contribution is 2.24. The summed E-state index contributed by atoms with van der Waals surface area (Å²) in [5.74, 6) is 0.595. The third-order valence-corrected chi connectivity index (χ3v) is 5.76. The summed E-state index contributed by atoms with van der Waals surface area (Å²) < 4.78 is 22.9. The van der Waals surface area contributed by atoms with E-state index in [0.29, 0.717) is 5.75 Å². The average molecular weight is 295 g/mol. The van der Waals surface area contributed by atoms with Crippen molar-refractivity contribution in [2.75, 3.05) is 11.5 Å². The lowest BCUT2D eigenvalue weighted by atomic mass is 9.86. The maximum absolute atomic E-state index is 11.5. The quantitative estimate of drug-likeness (QED) is 0.932. The van der Waals surface area contributed by atoms with E-state index in [-0.39, 0.29) is 23.3 Å². The molecular formula is C16H25NO2S. The molecule has 0 spiro atoms. The molecule has 1 aromatic rings. The van der Waals surface area contributed by atoms with E-state index in [1.54, 1.807) is 0 Å². The third-order valence-electron chi connectivity index (χ3n) is 3.99. The fourth-order valence-electron chi connectivity index (χ4n) is 2.65. The van der Waals surface area contributed by atoms with Crippen molar-refractivity contribution in [1.82, 2.24) is 5.32 Å². The topological polar surface area (TPSA) is 46.2 Å². The first-order valence-corrected chi connectivity index (χ1v) is 9.06. The molecule has 1 aliphatic rings. The van der Waals surface area contributed by atoms with Crippen molar-refractivity contribution in [3.05, 3.63) is 35.4 Å². The fourth-order valence-corrected chi connectivity index (χ4v) is 4.33. The molecule has 0 aliphatic carbocycles. The van der Waals surface area contributed by atoms with E-state index in [2.05, 4.69) is 57.3 Å². The van der Waals surface area contributed by atoms with Crippen molar-refractivity contribution in [1.29, 1.82) is 0 Å². The van der Waals surface area contributed by atoms with Gasteiger partial charge in [-0.25, -0.2) is 8.42 Å². The minimum atomic E-state index is -2.81. The molecule has 0 unspecified atom stereocenters. The van der Waals surface area contributed by atoms with Gasteiger partial charge in [0.1, 0.15) is 0 Å². The molecule has 4 heteroatoms. The summed E-state index contributed by atoms with van der Waals surface area (Å²) >= 11 is 0. The van der Waals surface area contributed by atoms with Crippen LogP contribution in [0.2, 0.25) is 0 Å². The molecular weight excluding hydrogens is 270 g/mol. The van der Waals surface area contributed by atoms with E-state index < -0.39 is 9.84 Å². The van der Waals surface area contributed by atoms with Gasteiger partial charge in [-0.15, -0.1) is 0 Å². The number of nitrogens with one attached hydrogen (secondary N) is 1. The van der Waals surface area contributed by atoms with E-state index >= 15 is 0 Å². The number of sulfone groups is 1. The number of benzene rings is 1. The van der Waals surface area contributed by atoms with E-state index in [4.69, 9.17) is 0 Å². The summed E-state index contributed by atoms with van der Waals surface area (Å²) in [4.78, 5) is 0. The molecule has 2 rings (SSSR count). The Kier molecular flexibility index (Phi) is 4.26. The molecule has 1 aliphatic heterocycles. The van der Waals surface area contributed by atoms with Crippen LogP contribution in [0.3, 0.4) is 0 Å². The van der Waals surface area contributed by atoms with Crippen LogP contribution in [0.25, 0.3) is 0 Å². The van der Waals surface area contributed by atoms with Crippen molar-refractivity contribution < 1.29 is 8.42 Å². The predicted octanol–water partition coefficient (Wildman–Crippen LogP) is 2.82. The molecule has 1 N–H and O–H groups in total. The molecule has 1 fully saturated rings. The van der Waals surface area contributed by atoms with Crippen LogP contribution in [0.5, 0.6) is 0 Å². The summed E-state index contributed by atoms with van der Waals surface area (Å²) in [5, 5.41) is 3.43. The number of rotatable bonds is 3. The zero-order valence-corrected chi connectivity index (χ0v) is 13.6. The minimum Gasteiger partial charge on any atom is -0.306 e. The van der Waals surface area contributed by atoms with Crippen LogP contribution in [-0.2, 0) is 15.3 Å². The lowest BCUT2D eigenvalue weighted by Crippen LogP contribution is -2.32. The molecule has 0 radical (unpaired) electrons. The molecule has 1 aromatic carbocycles. The maximum Gasteiger partial charge on any atom is 0.151 e. The largest absolute Gasteiger partial charge is 0.306 e. The van der Waals surface area contributed by atoms with Crippen LogP contribution in [0.4, 0.5) is 0 Å². The zero-order valence-electron chi connectivity index (χ0n) is 12.8. The number of hydrogen-bond donors (Lipinski definition) is 1. The van der Waals surface area contributed by atoms with Crippen LogP contribution < -0.4 is 5.32 Å². The Morgan fingerprint density at radius 1 is 1.20 bits per heavy atom. The number of hydrogen-bond acceptors (Lipinski definition) is 3. The average Bonchev–Trinajstić information content (AvgIpc) is 2.67. The van der Waals surface area contributed by atoms with E-state index in [9.17, 15) is 8.42 Å². The monoisotopic (exact) mass is 295 g/mol. The predicted molar refractivity (Wildman–Crippen MR) is 83.8 cm³/mol. The molecule has 3 nitrogen and oxygen atoms in total. The van der Waals surface area contributed by atoms with Gasteiger partial charge in [0.2, 0.25) is 0 Å². The van der Waals surface area contributed by atoms with Gasteiger partial charge in [0.25, 0.3) is 0 Å². The summed E-state index contributed by atoms with van der Waals surface area (Å²) in [5.41, 5.74) is 2.69. The Bertz CT molecular complexity index is 555. The maximum atomic E-state index is 11.5. The molecule has 20 heavy (non-hydrogen) atoms. The molecule has 0 saturated carbocycles. The molecule has 112 valence electrons. The van der Waals surface area contributed by atoms with Crippen molar-refractivity contribution in [2.45, 2.75) is 51.6 Å². The van der Waals surface area contributed by atoms with Gasteiger partial charge in [-0.3, -0.25) is 0 Å². The van der Waals surface area contributed by atoms with Gasteiger partial charge in [0.15, 0.2) is 9.84 Å². The Labute approximate surface area is 122 Å². The molecule has 2 atom stereocenters. The van der Waals surface area contributed by atoms with Crippen LogP contribution in [-0.4, -0.2) is 26.0 Å². The van der Waals surface area contributed by atoms with Gasteiger partial charge in [-0.2, -0.15) is 0 Å². The van der Waals surface area contributed by atoms with Crippen molar-refractivity contribution in [3.63, 3.8) is 0 Å². The molecule has 0 amide bonds. The van der Waals surface area contributed by atoms with Gasteiger partial charge < -0.3 is 5.32 Å². The summed E-state index contributed by atoms with van der Waals surface area (Å²) in [6.07, 6.45) is 0.729. The molecule has 0 bridgehead atoms. The lowest BCUT2D eigenvalue weighted by molar-refractivity contribution is 0.484.